The van der Waals surface area contributed by atoms with E-state index in [1.807, 2.05) is 30.3 Å². The standard InChI is InChI=1S/C37H28B2O4/c1-5-6-11-23-22(4)40-28-14-9-16-30-34(28)38(23)25-18-20(2)32-21(3)19-26-37(33(32)36(25)42-30)43-31-17-10-15-29-35(31)39(26)24-12-7-8-13-27(24)41-29/h6-19H,5H2,1-4H3/b11-6-. The van der Waals surface area contributed by atoms with Crippen molar-refractivity contribution < 1.29 is 18.9 Å². The van der Waals surface area contributed by atoms with Crippen molar-refractivity contribution in [2.24, 2.45) is 0 Å². The molecule has 5 aromatic carbocycles. The highest BCUT2D eigenvalue weighted by Gasteiger charge is 2.44. The predicted molar refractivity (Wildman–Crippen MR) is 175 cm³/mol. The van der Waals surface area contributed by atoms with Crippen LogP contribution in [0.1, 0.15) is 31.4 Å². The molecular formula is C37H28B2O4. The van der Waals surface area contributed by atoms with Gasteiger partial charge in [0.05, 0.1) is 11.1 Å². The van der Waals surface area contributed by atoms with E-state index < -0.39 is 0 Å². The summed E-state index contributed by atoms with van der Waals surface area (Å²) in [6.45, 7) is 8.64. The van der Waals surface area contributed by atoms with Crippen molar-refractivity contribution in [1.29, 1.82) is 0 Å². The summed E-state index contributed by atoms with van der Waals surface area (Å²) >= 11 is 0. The highest BCUT2D eigenvalue weighted by molar-refractivity contribution is 6.98. The molecule has 6 heteroatoms. The molecule has 0 bridgehead atoms. The van der Waals surface area contributed by atoms with E-state index in [1.54, 1.807) is 0 Å². The summed E-state index contributed by atoms with van der Waals surface area (Å²) < 4.78 is 26.6. The van der Waals surface area contributed by atoms with Crippen LogP contribution in [-0.4, -0.2) is 13.4 Å². The van der Waals surface area contributed by atoms with Crippen molar-refractivity contribution in [1.82, 2.24) is 0 Å². The van der Waals surface area contributed by atoms with Gasteiger partial charge in [0.2, 0.25) is 0 Å². The molecule has 0 atom stereocenters. The highest BCUT2D eigenvalue weighted by atomic mass is 16.5. The lowest BCUT2D eigenvalue weighted by molar-refractivity contribution is 0.419. The fourth-order valence-corrected chi connectivity index (χ4v) is 7.68. The van der Waals surface area contributed by atoms with Crippen LogP contribution in [0.3, 0.4) is 0 Å². The third-order valence-corrected chi connectivity index (χ3v) is 9.40. The molecule has 0 radical (unpaired) electrons. The van der Waals surface area contributed by atoms with E-state index in [0.717, 1.165) is 85.1 Å². The largest absolute Gasteiger partial charge is 0.463 e. The van der Waals surface area contributed by atoms with Gasteiger partial charge in [-0.05, 0) is 95.9 Å². The van der Waals surface area contributed by atoms with E-state index >= 15 is 0 Å². The van der Waals surface area contributed by atoms with Crippen LogP contribution < -0.4 is 46.3 Å². The molecule has 4 aliphatic heterocycles. The summed E-state index contributed by atoms with van der Waals surface area (Å²) in [7, 11) is 0. The third-order valence-electron chi connectivity index (χ3n) is 9.40. The molecule has 0 saturated carbocycles. The van der Waals surface area contributed by atoms with Crippen molar-refractivity contribution in [3.05, 3.63) is 107 Å². The number of fused-ring (bicyclic) bond motifs is 9. The Morgan fingerprint density at radius 2 is 1.14 bits per heavy atom. The Morgan fingerprint density at radius 1 is 0.581 bits per heavy atom. The Balaban J connectivity index is 1.38. The Hall–Kier alpha value is -4.83. The van der Waals surface area contributed by atoms with E-state index in [1.165, 1.54) is 22.0 Å². The second-order valence-corrected chi connectivity index (χ2v) is 11.9. The zero-order chi connectivity index (χ0) is 29.0. The number of aryl methyl sites for hydroxylation is 2. The Bertz CT molecular complexity index is 2130. The smallest absolute Gasteiger partial charge is 0.260 e. The number of ether oxygens (including phenoxy) is 4. The molecule has 9 rings (SSSR count). The monoisotopic (exact) mass is 558 g/mol. The summed E-state index contributed by atoms with van der Waals surface area (Å²) in [5.41, 5.74) is 9.19. The van der Waals surface area contributed by atoms with Gasteiger partial charge in [0.15, 0.2) is 0 Å². The van der Waals surface area contributed by atoms with Gasteiger partial charge in [-0.3, -0.25) is 0 Å². The van der Waals surface area contributed by atoms with Crippen LogP contribution in [0.15, 0.2) is 96.2 Å². The van der Waals surface area contributed by atoms with Crippen LogP contribution >= 0.6 is 0 Å². The molecular weight excluding hydrogens is 530 g/mol. The van der Waals surface area contributed by atoms with Crippen LogP contribution in [-0.2, 0) is 0 Å². The maximum atomic E-state index is 6.93. The molecule has 0 aliphatic carbocycles. The summed E-state index contributed by atoms with van der Waals surface area (Å²) in [6.07, 6.45) is 5.39. The quantitative estimate of drug-likeness (QED) is 0.242. The molecule has 0 N–H and O–H groups in total. The van der Waals surface area contributed by atoms with E-state index in [2.05, 4.69) is 82.3 Å². The minimum atomic E-state index is -0.00471. The van der Waals surface area contributed by atoms with Gasteiger partial charge in [0.1, 0.15) is 40.2 Å². The first-order valence-corrected chi connectivity index (χ1v) is 15.1. The average Bonchev–Trinajstić information content (AvgIpc) is 3.01. The Morgan fingerprint density at radius 3 is 1.81 bits per heavy atom. The first-order chi connectivity index (χ1) is 21.0. The normalized spacial score (nSPS) is 15.1. The molecule has 0 spiro atoms. The van der Waals surface area contributed by atoms with E-state index in [9.17, 15) is 0 Å². The fraction of sp³-hybridized carbons (Fsp3) is 0.135. The van der Waals surface area contributed by atoms with Gasteiger partial charge in [0.25, 0.3) is 13.4 Å². The third kappa shape index (κ3) is 3.29. The molecule has 5 aromatic rings. The summed E-state index contributed by atoms with van der Waals surface area (Å²) in [5, 5.41) is 2.21. The van der Waals surface area contributed by atoms with Gasteiger partial charge in [-0.2, -0.15) is 0 Å². The maximum Gasteiger partial charge on any atom is 0.260 e. The van der Waals surface area contributed by atoms with Crippen LogP contribution in [0.4, 0.5) is 0 Å². The zero-order valence-corrected chi connectivity index (χ0v) is 24.6. The maximum absolute atomic E-state index is 6.93. The SMILES string of the molecule is CC/C=C\C1=C(C)Oc2cccc3c2B1c1cc(C)c2c(C)cc4c(c2c1O3)Oc1cccc2c1B4c1ccccc1O2. The van der Waals surface area contributed by atoms with Crippen LogP contribution in [0.25, 0.3) is 10.8 Å². The topological polar surface area (TPSA) is 36.9 Å². The van der Waals surface area contributed by atoms with E-state index in [4.69, 9.17) is 18.9 Å². The molecule has 0 amide bonds. The second kappa shape index (κ2) is 8.84. The van der Waals surface area contributed by atoms with Crippen molar-refractivity contribution in [3.63, 3.8) is 0 Å². The van der Waals surface area contributed by atoms with Gasteiger partial charge in [-0.1, -0.05) is 61.5 Å². The number of benzene rings is 5. The van der Waals surface area contributed by atoms with Gasteiger partial charge >= 0.3 is 0 Å². The molecule has 4 nitrogen and oxygen atoms in total. The number of hydrogen-bond donors (Lipinski definition) is 0. The Labute approximate surface area is 251 Å². The predicted octanol–water partition coefficient (Wildman–Crippen LogP) is 6.07. The second-order valence-electron chi connectivity index (χ2n) is 11.9. The summed E-state index contributed by atoms with van der Waals surface area (Å²) in [6, 6.07) is 25.2. The van der Waals surface area contributed by atoms with Gasteiger partial charge in [-0.15, -0.1) is 0 Å². The summed E-state index contributed by atoms with van der Waals surface area (Å²) in [4.78, 5) is 0. The van der Waals surface area contributed by atoms with Crippen molar-refractivity contribution in [2.75, 3.05) is 0 Å². The summed E-state index contributed by atoms with van der Waals surface area (Å²) in [5.74, 6) is 6.92. The lowest BCUT2D eigenvalue weighted by Gasteiger charge is -2.36. The van der Waals surface area contributed by atoms with Crippen LogP contribution in [0, 0.1) is 13.8 Å². The zero-order valence-electron chi connectivity index (χ0n) is 24.6. The average molecular weight is 558 g/mol. The lowest BCUT2D eigenvalue weighted by atomic mass is 9.33. The molecule has 0 fully saturated rings. The van der Waals surface area contributed by atoms with Crippen molar-refractivity contribution in [2.45, 2.75) is 34.1 Å². The molecule has 4 aliphatic rings. The fourth-order valence-electron chi connectivity index (χ4n) is 7.68. The number of para-hydroxylation sites is 1. The molecule has 0 unspecified atom stereocenters. The minimum absolute atomic E-state index is 0.00273. The number of rotatable bonds is 2. The van der Waals surface area contributed by atoms with E-state index in [-0.39, 0.29) is 13.4 Å². The molecule has 43 heavy (non-hydrogen) atoms. The first-order valence-electron chi connectivity index (χ1n) is 15.1. The van der Waals surface area contributed by atoms with Gasteiger partial charge in [0, 0.05) is 10.9 Å². The van der Waals surface area contributed by atoms with Crippen molar-refractivity contribution in [3.8, 4) is 40.2 Å². The number of hydrogen-bond acceptors (Lipinski definition) is 4. The lowest BCUT2D eigenvalue weighted by Crippen LogP contribution is -2.57. The van der Waals surface area contributed by atoms with E-state index in [0.29, 0.717) is 0 Å². The Kier molecular flexibility index (Phi) is 5.09. The van der Waals surface area contributed by atoms with Crippen LogP contribution in [0.2, 0.25) is 0 Å². The first kappa shape index (κ1) is 24.7. The number of allylic oxidation sites excluding steroid dienone is 4. The molecule has 0 aromatic heterocycles. The molecule has 0 saturated heterocycles. The molecule has 206 valence electrons. The van der Waals surface area contributed by atoms with Crippen molar-refractivity contribution >= 4 is 51.5 Å². The highest BCUT2D eigenvalue weighted by Crippen LogP contribution is 2.45. The van der Waals surface area contributed by atoms with Gasteiger partial charge in [-0.25, -0.2) is 0 Å². The minimum Gasteiger partial charge on any atom is -0.463 e. The van der Waals surface area contributed by atoms with Gasteiger partial charge < -0.3 is 18.9 Å². The van der Waals surface area contributed by atoms with Crippen LogP contribution in [0.5, 0.6) is 40.2 Å². The molecule has 4 heterocycles.